The Hall–Kier alpha value is -2.70. The highest BCUT2D eigenvalue weighted by atomic mass is 35.5. The lowest BCUT2D eigenvalue weighted by Crippen LogP contribution is -2.43. The predicted octanol–water partition coefficient (Wildman–Crippen LogP) is 5.05. The highest BCUT2D eigenvalue weighted by molar-refractivity contribution is 6.31. The maximum absolute atomic E-state index is 13.6. The first-order valence-electron chi connectivity index (χ1n) is 11.0. The Morgan fingerprint density at radius 2 is 1.88 bits per heavy atom. The molecule has 1 fully saturated rings. The first-order valence-corrected chi connectivity index (χ1v) is 11.4. The number of fused-ring (bicyclic) bond motifs is 1. The molecule has 0 aliphatic heterocycles. The van der Waals surface area contributed by atoms with Crippen molar-refractivity contribution in [1.29, 1.82) is 0 Å². The van der Waals surface area contributed by atoms with Gasteiger partial charge in [0.05, 0.1) is 5.52 Å². The first-order chi connectivity index (χ1) is 15.5. The van der Waals surface area contributed by atoms with Crippen LogP contribution >= 0.6 is 11.6 Å². The number of aromatic nitrogens is 1. The number of halogens is 2. The number of amides is 1. The van der Waals surface area contributed by atoms with Crippen molar-refractivity contribution >= 4 is 28.4 Å². The average Bonchev–Trinajstić information content (AvgIpc) is 2.79. The van der Waals surface area contributed by atoms with Crippen molar-refractivity contribution < 1.29 is 13.9 Å². The Kier molecular flexibility index (Phi) is 7.22. The van der Waals surface area contributed by atoms with Gasteiger partial charge in [-0.05, 0) is 68.5 Å². The fraction of sp³-hybridized carbons (Fsp3) is 0.360. The molecule has 7 heteroatoms. The lowest BCUT2D eigenvalue weighted by Gasteiger charge is -2.29. The van der Waals surface area contributed by atoms with Crippen molar-refractivity contribution in [1.82, 2.24) is 15.6 Å². The molecule has 1 heterocycles. The van der Waals surface area contributed by atoms with Gasteiger partial charge in [0, 0.05) is 35.1 Å². The Morgan fingerprint density at radius 3 is 2.66 bits per heavy atom. The van der Waals surface area contributed by atoms with Gasteiger partial charge in [-0.3, -0.25) is 4.79 Å². The summed E-state index contributed by atoms with van der Waals surface area (Å²) in [4.78, 5) is 17.1. The number of rotatable bonds is 7. The van der Waals surface area contributed by atoms with E-state index in [1.54, 1.807) is 31.2 Å². The molecule has 1 saturated carbocycles. The summed E-state index contributed by atoms with van der Waals surface area (Å²) in [6.07, 6.45) is 3.79. The van der Waals surface area contributed by atoms with Gasteiger partial charge in [-0.15, -0.1) is 0 Å². The molecular formula is C25H27ClFN3O2. The van der Waals surface area contributed by atoms with E-state index in [0.717, 1.165) is 36.6 Å². The number of benzene rings is 2. The van der Waals surface area contributed by atoms with Crippen molar-refractivity contribution in [3.05, 3.63) is 70.6 Å². The van der Waals surface area contributed by atoms with E-state index in [-0.39, 0.29) is 17.8 Å². The van der Waals surface area contributed by atoms with Crippen LogP contribution in [0.3, 0.4) is 0 Å². The van der Waals surface area contributed by atoms with E-state index in [9.17, 15) is 9.18 Å². The zero-order valence-electron chi connectivity index (χ0n) is 18.0. The Morgan fingerprint density at radius 1 is 1.09 bits per heavy atom. The Bertz CT molecular complexity index is 1100. The number of pyridine rings is 1. The van der Waals surface area contributed by atoms with E-state index in [1.807, 2.05) is 18.2 Å². The molecule has 2 N–H and O–H groups in total. The number of nitrogens with one attached hydrogen (secondary N) is 2. The summed E-state index contributed by atoms with van der Waals surface area (Å²) < 4.78 is 19.2. The van der Waals surface area contributed by atoms with Crippen LogP contribution in [-0.4, -0.2) is 36.1 Å². The molecule has 4 rings (SSSR count). The summed E-state index contributed by atoms with van der Waals surface area (Å²) >= 11 is 6.01. The summed E-state index contributed by atoms with van der Waals surface area (Å²) in [6, 6.07) is 14.5. The smallest absolute Gasteiger partial charge is 0.270 e. The lowest BCUT2D eigenvalue weighted by molar-refractivity contribution is 0.0919. The van der Waals surface area contributed by atoms with Gasteiger partial charge in [0.25, 0.3) is 5.91 Å². The SMILES string of the molecule is Cc1ccc(OCCNC2CCC(NC(=O)c3ccc4cc(Cl)ccc4n3)CC2)cc1F. The van der Waals surface area contributed by atoms with E-state index < -0.39 is 0 Å². The van der Waals surface area contributed by atoms with Crippen LogP contribution < -0.4 is 15.4 Å². The number of nitrogens with zero attached hydrogens (tertiary/aromatic N) is 1. The number of ether oxygens (including phenoxy) is 1. The number of aryl methyl sites for hydroxylation is 1. The summed E-state index contributed by atoms with van der Waals surface area (Å²) in [5.74, 6) is 0.155. The summed E-state index contributed by atoms with van der Waals surface area (Å²) in [6.45, 7) is 2.91. The average molecular weight is 456 g/mol. The first kappa shape index (κ1) is 22.5. The summed E-state index contributed by atoms with van der Waals surface area (Å²) in [5.41, 5.74) is 1.79. The second kappa shape index (κ2) is 10.3. The van der Waals surface area contributed by atoms with Crippen LogP contribution in [0, 0.1) is 12.7 Å². The van der Waals surface area contributed by atoms with Gasteiger partial charge in [0.1, 0.15) is 23.9 Å². The van der Waals surface area contributed by atoms with Gasteiger partial charge in [-0.2, -0.15) is 0 Å². The second-order valence-corrected chi connectivity index (χ2v) is 8.71. The van der Waals surface area contributed by atoms with Crippen LogP contribution in [0.5, 0.6) is 5.75 Å². The maximum Gasteiger partial charge on any atom is 0.270 e. The Labute approximate surface area is 192 Å². The van der Waals surface area contributed by atoms with Crippen molar-refractivity contribution in [2.45, 2.75) is 44.7 Å². The quantitative estimate of drug-likeness (QED) is 0.489. The molecule has 168 valence electrons. The fourth-order valence-electron chi connectivity index (χ4n) is 4.02. The monoisotopic (exact) mass is 455 g/mol. The zero-order chi connectivity index (χ0) is 22.5. The molecule has 0 spiro atoms. The predicted molar refractivity (Wildman–Crippen MR) is 125 cm³/mol. The van der Waals surface area contributed by atoms with Crippen molar-refractivity contribution in [3.8, 4) is 5.75 Å². The lowest BCUT2D eigenvalue weighted by atomic mass is 9.91. The van der Waals surface area contributed by atoms with Crippen molar-refractivity contribution in [2.75, 3.05) is 13.2 Å². The van der Waals surface area contributed by atoms with Crippen LogP contribution in [0.2, 0.25) is 5.02 Å². The van der Waals surface area contributed by atoms with Gasteiger partial charge in [0.2, 0.25) is 0 Å². The van der Waals surface area contributed by atoms with Crippen molar-refractivity contribution in [3.63, 3.8) is 0 Å². The third-order valence-electron chi connectivity index (χ3n) is 5.89. The minimum atomic E-state index is -0.251. The molecule has 0 bridgehead atoms. The normalized spacial score (nSPS) is 18.5. The molecule has 0 saturated heterocycles. The maximum atomic E-state index is 13.6. The molecule has 1 aromatic heterocycles. The standard InChI is InChI=1S/C25H27ClFN3O2/c1-16-2-9-21(15-22(16)27)32-13-12-28-19-5-7-20(8-6-19)29-25(31)24-10-3-17-14-18(26)4-11-23(17)30-24/h2-4,9-11,14-15,19-20,28H,5-8,12-13H2,1H3,(H,29,31). The molecule has 1 amide bonds. The van der Waals surface area contributed by atoms with Crippen molar-refractivity contribution in [2.24, 2.45) is 0 Å². The van der Waals surface area contributed by atoms with E-state index in [1.165, 1.54) is 6.07 Å². The second-order valence-electron chi connectivity index (χ2n) is 8.27. The molecule has 0 atom stereocenters. The fourth-order valence-corrected chi connectivity index (χ4v) is 4.20. The third kappa shape index (κ3) is 5.75. The van der Waals surface area contributed by atoms with E-state index in [0.29, 0.717) is 41.2 Å². The van der Waals surface area contributed by atoms with Gasteiger partial charge < -0.3 is 15.4 Å². The molecule has 5 nitrogen and oxygen atoms in total. The van der Waals surface area contributed by atoms with Crippen LogP contribution in [0.1, 0.15) is 41.7 Å². The third-order valence-corrected chi connectivity index (χ3v) is 6.13. The minimum absolute atomic E-state index is 0.142. The topological polar surface area (TPSA) is 63.2 Å². The van der Waals surface area contributed by atoms with E-state index in [2.05, 4.69) is 15.6 Å². The van der Waals surface area contributed by atoms with Crippen LogP contribution in [-0.2, 0) is 0 Å². The molecule has 3 aromatic rings. The molecule has 0 unspecified atom stereocenters. The molecule has 1 aliphatic carbocycles. The molecule has 1 aliphatic rings. The van der Waals surface area contributed by atoms with Gasteiger partial charge in [-0.1, -0.05) is 23.7 Å². The largest absolute Gasteiger partial charge is 0.492 e. The molecule has 0 radical (unpaired) electrons. The van der Waals surface area contributed by atoms with Gasteiger partial charge >= 0.3 is 0 Å². The molecule has 2 aromatic carbocycles. The Balaban J connectivity index is 1.19. The zero-order valence-corrected chi connectivity index (χ0v) is 18.8. The van der Waals surface area contributed by atoms with Crippen LogP contribution in [0.4, 0.5) is 4.39 Å². The van der Waals surface area contributed by atoms with E-state index >= 15 is 0 Å². The van der Waals surface area contributed by atoms with Crippen LogP contribution in [0.15, 0.2) is 48.5 Å². The number of carbonyl (C=O) groups excluding carboxylic acids is 1. The van der Waals surface area contributed by atoms with Gasteiger partial charge in [-0.25, -0.2) is 9.37 Å². The highest BCUT2D eigenvalue weighted by Crippen LogP contribution is 2.21. The number of hydrogen-bond donors (Lipinski definition) is 2. The number of hydrogen-bond acceptors (Lipinski definition) is 4. The molecular weight excluding hydrogens is 429 g/mol. The molecule has 32 heavy (non-hydrogen) atoms. The highest BCUT2D eigenvalue weighted by Gasteiger charge is 2.23. The van der Waals surface area contributed by atoms with Crippen LogP contribution in [0.25, 0.3) is 10.9 Å². The van der Waals surface area contributed by atoms with E-state index in [4.69, 9.17) is 16.3 Å². The minimum Gasteiger partial charge on any atom is -0.492 e. The summed E-state index contributed by atoms with van der Waals surface area (Å²) in [7, 11) is 0. The number of carbonyl (C=O) groups is 1. The van der Waals surface area contributed by atoms with Gasteiger partial charge in [0.15, 0.2) is 0 Å². The summed E-state index contributed by atoms with van der Waals surface area (Å²) in [5, 5.41) is 8.17.